The van der Waals surface area contributed by atoms with Crippen molar-refractivity contribution >= 4 is 44.0 Å². The third kappa shape index (κ3) is 4.10. The lowest BCUT2D eigenvalue weighted by Gasteiger charge is -2.13. The highest BCUT2D eigenvalue weighted by Gasteiger charge is 2.16. The van der Waals surface area contributed by atoms with E-state index in [1.807, 2.05) is 13.8 Å². The number of hydrogen-bond acceptors (Lipinski definition) is 8. The van der Waals surface area contributed by atoms with Crippen LogP contribution in [0.2, 0.25) is 0 Å². The molecule has 0 amide bonds. The van der Waals surface area contributed by atoms with Crippen LogP contribution in [-0.4, -0.2) is 34.6 Å². The third-order valence-electron chi connectivity index (χ3n) is 4.89. The average Bonchev–Trinajstić information content (AvgIpc) is 3.08. The van der Waals surface area contributed by atoms with Crippen LogP contribution in [0.25, 0.3) is 11.2 Å². The van der Waals surface area contributed by atoms with Crippen LogP contribution in [0.4, 0.5) is 23.0 Å². The van der Waals surface area contributed by atoms with Gasteiger partial charge in [-0.1, -0.05) is 12.1 Å². The molecule has 0 unspecified atom stereocenters. The normalized spacial score (nSPS) is 11.3. The lowest BCUT2D eigenvalue weighted by atomic mass is 10.1. The predicted octanol–water partition coefficient (Wildman–Crippen LogP) is 4.04. The number of nitriles is 1. The second kappa shape index (κ2) is 7.94. The number of aryl methyl sites for hydroxylation is 3. The second-order valence-corrected chi connectivity index (χ2v) is 9.47. The van der Waals surface area contributed by atoms with Gasteiger partial charge in [0.1, 0.15) is 29.0 Å². The number of hydrogen-bond donors (Lipinski definition) is 3. The number of aromatic amines is 1. The van der Waals surface area contributed by atoms with Gasteiger partial charge in [0.15, 0.2) is 15.5 Å². The van der Waals surface area contributed by atoms with Gasteiger partial charge >= 0.3 is 0 Å². The molecule has 3 aromatic heterocycles. The van der Waals surface area contributed by atoms with Gasteiger partial charge < -0.3 is 15.6 Å². The molecule has 0 saturated heterocycles. The minimum absolute atomic E-state index is 0.187. The number of nitrogens with one attached hydrogen (secondary N) is 3. The van der Waals surface area contributed by atoms with E-state index in [9.17, 15) is 13.7 Å². The van der Waals surface area contributed by atoms with E-state index in [0.29, 0.717) is 51.3 Å². The van der Waals surface area contributed by atoms with E-state index in [0.717, 1.165) is 5.56 Å². The molecule has 0 saturated carbocycles. The Balaban J connectivity index is 1.79. The lowest BCUT2D eigenvalue weighted by molar-refractivity contribution is 0.602. The maximum absolute atomic E-state index is 12.2. The Morgan fingerprint density at radius 3 is 2.38 bits per heavy atom. The molecule has 0 radical (unpaired) electrons. The van der Waals surface area contributed by atoms with E-state index in [4.69, 9.17) is 0 Å². The summed E-state index contributed by atoms with van der Waals surface area (Å²) in [6.45, 7) is 5.45. The molecule has 0 bridgehead atoms. The van der Waals surface area contributed by atoms with E-state index in [1.54, 1.807) is 43.3 Å². The zero-order valence-corrected chi connectivity index (χ0v) is 18.8. The first-order chi connectivity index (χ1) is 15.2. The summed E-state index contributed by atoms with van der Waals surface area (Å²) in [5.74, 6) is 1.70. The van der Waals surface area contributed by atoms with Crippen molar-refractivity contribution in [1.29, 1.82) is 5.26 Å². The lowest BCUT2D eigenvalue weighted by Crippen LogP contribution is -2.04. The fourth-order valence-corrected chi connectivity index (χ4v) is 4.34. The average molecular weight is 448 g/mol. The summed E-state index contributed by atoms with van der Waals surface area (Å²) >= 11 is 0. The first-order valence-corrected chi connectivity index (χ1v) is 11.6. The van der Waals surface area contributed by atoms with Crippen LogP contribution >= 0.6 is 0 Å². The van der Waals surface area contributed by atoms with Crippen molar-refractivity contribution in [1.82, 2.24) is 19.9 Å². The van der Waals surface area contributed by atoms with Crippen molar-refractivity contribution in [3.05, 3.63) is 59.0 Å². The van der Waals surface area contributed by atoms with Crippen molar-refractivity contribution in [2.45, 2.75) is 25.7 Å². The maximum atomic E-state index is 12.2. The number of sulfone groups is 1. The number of imidazole rings is 1. The number of anilines is 4. The molecule has 162 valence electrons. The van der Waals surface area contributed by atoms with E-state index >= 15 is 0 Å². The SMILES string of the molecule is Cc1nc2c(Nc3ccccc3S(C)(=O)=O)cc(Nc3cc(C)c(C#N)c(C)n3)nc2[nH]1. The molecular formula is C22H21N7O2S. The molecule has 0 spiro atoms. The van der Waals surface area contributed by atoms with Gasteiger partial charge in [0.25, 0.3) is 0 Å². The molecular weight excluding hydrogens is 426 g/mol. The van der Waals surface area contributed by atoms with Gasteiger partial charge in [-0.15, -0.1) is 0 Å². The predicted molar refractivity (Wildman–Crippen MR) is 123 cm³/mol. The van der Waals surface area contributed by atoms with Crippen LogP contribution in [0.3, 0.4) is 0 Å². The number of para-hydroxylation sites is 1. The Morgan fingerprint density at radius 1 is 0.969 bits per heavy atom. The molecule has 0 aliphatic heterocycles. The molecule has 0 aliphatic rings. The number of benzene rings is 1. The molecule has 4 rings (SSSR count). The highest BCUT2D eigenvalue weighted by molar-refractivity contribution is 7.90. The number of fused-ring (bicyclic) bond motifs is 1. The third-order valence-corrected chi connectivity index (χ3v) is 6.05. The standard InChI is InChI=1S/C22H21N7O2S/c1-12-9-19(24-13(2)15(12)11-23)28-20-10-17(21-22(29-20)26-14(3)25-21)27-16-7-5-6-8-18(16)32(4,30)31/h5-10H,1-4H3,(H3,24,25,26,27,28,29). The molecule has 3 heterocycles. The van der Waals surface area contributed by atoms with Crippen LogP contribution in [0, 0.1) is 32.1 Å². The molecule has 32 heavy (non-hydrogen) atoms. The van der Waals surface area contributed by atoms with Crippen LogP contribution in [-0.2, 0) is 9.84 Å². The van der Waals surface area contributed by atoms with Gasteiger partial charge in [-0.2, -0.15) is 5.26 Å². The van der Waals surface area contributed by atoms with Gasteiger partial charge in [0, 0.05) is 12.3 Å². The van der Waals surface area contributed by atoms with E-state index < -0.39 is 9.84 Å². The first-order valence-electron chi connectivity index (χ1n) is 9.74. The Hall–Kier alpha value is -3.97. The highest BCUT2D eigenvalue weighted by atomic mass is 32.2. The molecule has 10 heteroatoms. The summed E-state index contributed by atoms with van der Waals surface area (Å²) in [5.41, 5.74) is 4.11. The molecule has 1 aromatic carbocycles. The van der Waals surface area contributed by atoms with Gasteiger partial charge in [0.05, 0.1) is 27.5 Å². The van der Waals surface area contributed by atoms with E-state index in [2.05, 4.69) is 36.6 Å². The van der Waals surface area contributed by atoms with Crippen LogP contribution < -0.4 is 10.6 Å². The van der Waals surface area contributed by atoms with Crippen molar-refractivity contribution in [3.8, 4) is 6.07 Å². The minimum atomic E-state index is -3.43. The molecule has 0 aliphatic carbocycles. The minimum Gasteiger partial charge on any atom is -0.352 e. The Kier molecular flexibility index (Phi) is 5.28. The van der Waals surface area contributed by atoms with Gasteiger partial charge in [-0.25, -0.2) is 23.4 Å². The number of rotatable bonds is 5. The van der Waals surface area contributed by atoms with Gasteiger partial charge in [-0.05, 0) is 44.5 Å². The monoisotopic (exact) mass is 447 g/mol. The van der Waals surface area contributed by atoms with Crippen molar-refractivity contribution in [2.75, 3.05) is 16.9 Å². The number of aromatic nitrogens is 4. The summed E-state index contributed by atoms with van der Waals surface area (Å²) in [5, 5.41) is 15.6. The van der Waals surface area contributed by atoms with Crippen LogP contribution in [0.5, 0.6) is 0 Å². The second-order valence-electron chi connectivity index (χ2n) is 7.49. The van der Waals surface area contributed by atoms with Crippen LogP contribution in [0.15, 0.2) is 41.3 Å². The summed E-state index contributed by atoms with van der Waals surface area (Å²) in [7, 11) is -3.43. The number of pyridine rings is 2. The van der Waals surface area contributed by atoms with Crippen LogP contribution in [0.1, 0.15) is 22.6 Å². The topological polar surface area (TPSA) is 136 Å². The molecule has 0 atom stereocenters. The summed E-state index contributed by atoms with van der Waals surface area (Å²) in [6.07, 6.45) is 1.17. The summed E-state index contributed by atoms with van der Waals surface area (Å²) < 4.78 is 24.4. The first kappa shape index (κ1) is 21.3. The molecule has 3 N–H and O–H groups in total. The fraction of sp³-hybridized carbons (Fsp3) is 0.182. The zero-order chi connectivity index (χ0) is 23.0. The smallest absolute Gasteiger partial charge is 0.177 e. The Morgan fingerprint density at radius 2 is 1.69 bits per heavy atom. The summed E-state index contributed by atoms with van der Waals surface area (Å²) in [6, 6.07) is 12.4. The van der Waals surface area contributed by atoms with Crippen molar-refractivity contribution in [3.63, 3.8) is 0 Å². The van der Waals surface area contributed by atoms with Crippen molar-refractivity contribution in [2.24, 2.45) is 0 Å². The van der Waals surface area contributed by atoms with Gasteiger partial charge in [0.2, 0.25) is 0 Å². The zero-order valence-electron chi connectivity index (χ0n) is 18.0. The fourth-order valence-electron chi connectivity index (χ4n) is 3.50. The molecule has 4 aromatic rings. The van der Waals surface area contributed by atoms with E-state index in [-0.39, 0.29) is 4.90 Å². The number of H-pyrrole nitrogens is 1. The quantitative estimate of drug-likeness (QED) is 0.417. The largest absolute Gasteiger partial charge is 0.352 e. The Labute approximate surface area is 185 Å². The maximum Gasteiger partial charge on any atom is 0.177 e. The van der Waals surface area contributed by atoms with Gasteiger partial charge in [-0.3, -0.25) is 0 Å². The van der Waals surface area contributed by atoms with E-state index in [1.165, 1.54) is 6.26 Å². The Bertz CT molecular complexity index is 1480. The number of nitrogens with zero attached hydrogens (tertiary/aromatic N) is 4. The molecule has 9 nitrogen and oxygen atoms in total. The highest BCUT2D eigenvalue weighted by Crippen LogP contribution is 2.31. The summed E-state index contributed by atoms with van der Waals surface area (Å²) in [4.78, 5) is 16.8. The molecule has 0 fully saturated rings. The van der Waals surface area contributed by atoms with Crippen molar-refractivity contribution < 1.29 is 8.42 Å².